The van der Waals surface area contributed by atoms with Crippen LogP contribution in [0.5, 0.6) is 0 Å². The van der Waals surface area contributed by atoms with Crippen LogP contribution in [0.25, 0.3) is 22.5 Å². The fourth-order valence-electron chi connectivity index (χ4n) is 3.38. The molecule has 0 atom stereocenters. The van der Waals surface area contributed by atoms with Crippen LogP contribution in [0.1, 0.15) is 22.3 Å². The normalized spacial score (nSPS) is 11.6. The van der Waals surface area contributed by atoms with Gasteiger partial charge in [0.25, 0.3) is 0 Å². The van der Waals surface area contributed by atoms with Crippen molar-refractivity contribution in [2.45, 2.75) is 37.7 Å². The number of hydrogen-bond acceptors (Lipinski definition) is 4. The van der Waals surface area contributed by atoms with Crippen molar-refractivity contribution in [1.82, 2.24) is 9.97 Å². The van der Waals surface area contributed by atoms with E-state index in [2.05, 4.69) is 100 Å². The minimum atomic E-state index is -3.69. The van der Waals surface area contributed by atoms with Gasteiger partial charge in [0.1, 0.15) is 0 Å². The molecule has 0 saturated heterocycles. The molecule has 0 fully saturated rings. The van der Waals surface area contributed by atoms with Gasteiger partial charge in [-0.1, -0.05) is 0 Å². The molecule has 4 aromatic rings. The number of benzene rings is 2. The van der Waals surface area contributed by atoms with Crippen molar-refractivity contribution in [3.63, 3.8) is 0 Å². The van der Waals surface area contributed by atoms with Crippen LogP contribution in [-0.2, 0) is 0 Å². The Balaban J connectivity index is 1.57. The fraction of sp³-hybridized carbons (Fsp3) is 0.154. The van der Waals surface area contributed by atoms with E-state index in [1.165, 1.54) is 29.0 Å². The molecule has 168 valence electrons. The van der Waals surface area contributed by atoms with Crippen LogP contribution >= 0.6 is 35.7 Å². The van der Waals surface area contributed by atoms with Crippen molar-refractivity contribution in [2.75, 3.05) is 0 Å². The van der Waals surface area contributed by atoms with Crippen molar-refractivity contribution >= 4 is 49.1 Å². The number of pyridine rings is 2. The van der Waals surface area contributed by atoms with E-state index in [9.17, 15) is 0 Å². The first-order valence-corrected chi connectivity index (χ1v) is 26.4. The molecule has 0 aliphatic carbocycles. The first-order chi connectivity index (χ1) is 15.7. The SMILES string of the molecule is Cc1ccc(-c2cc(C)cc([S][Sn]([Cl])([Cl])[S]c3cc(C)cc(-c4ccc(C)cc4)n3)n2)cc1. The van der Waals surface area contributed by atoms with E-state index in [1.54, 1.807) is 0 Å². The van der Waals surface area contributed by atoms with Gasteiger partial charge in [-0.15, -0.1) is 0 Å². The van der Waals surface area contributed by atoms with Gasteiger partial charge in [-0.05, 0) is 0 Å². The predicted molar refractivity (Wildman–Crippen MR) is 147 cm³/mol. The van der Waals surface area contributed by atoms with Gasteiger partial charge in [0.2, 0.25) is 0 Å². The molecule has 0 bridgehead atoms. The molecule has 0 aliphatic heterocycles. The molecular formula is C26H24Cl2N2S2Sn. The molecule has 0 radical (unpaired) electrons. The van der Waals surface area contributed by atoms with Crippen molar-refractivity contribution in [2.24, 2.45) is 0 Å². The number of nitrogens with zero attached hydrogens (tertiary/aromatic N) is 2. The third-order valence-electron chi connectivity index (χ3n) is 5.03. The summed E-state index contributed by atoms with van der Waals surface area (Å²) in [6, 6.07) is 25.1. The van der Waals surface area contributed by atoms with E-state index in [-0.39, 0.29) is 0 Å². The molecule has 0 spiro atoms. The maximum absolute atomic E-state index is 6.97. The third-order valence-corrected chi connectivity index (χ3v) is 23.6. The van der Waals surface area contributed by atoms with Crippen molar-refractivity contribution in [1.29, 1.82) is 0 Å². The monoisotopic (exact) mass is 618 g/mol. The number of halogens is 2. The van der Waals surface area contributed by atoms with Gasteiger partial charge in [0.05, 0.1) is 0 Å². The zero-order chi connectivity index (χ0) is 23.6. The zero-order valence-corrected chi connectivity index (χ0v) is 24.9. The van der Waals surface area contributed by atoms with Gasteiger partial charge in [0, 0.05) is 0 Å². The Labute approximate surface area is 212 Å². The fourth-order valence-corrected chi connectivity index (χ4v) is 21.6. The third kappa shape index (κ3) is 6.92. The van der Waals surface area contributed by atoms with Gasteiger partial charge in [-0.2, -0.15) is 0 Å². The standard InChI is InChI=1S/2C13H13NS.2ClH.Sn/c2*1-9-3-5-11(6-4-9)12-7-10(2)8-13(15)14-12;;;/h2*3-8H,1-2H3,(H,14,15);2*1H;/q;;;;+4/p-4. The molecule has 0 N–H and O–H groups in total. The van der Waals surface area contributed by atoms with Crippen LogP contribution in [0, 0.1) is 27.7 Å². The Morgan fingerprint density at radius 3 is 1.27 bits per heavy atom. The van der Waals surface area contributed by atoms with Gasteiger partial charge in [0.15, 0.2) is 0 Å². The molecule has 0 amide bonds. The van der Waals surface area contributed by atoms with Gasteiger partial charge in [-0.25, -0.2) is 0 Å². The topological polar surface area (TPSA) is 25.8 Å². The summed E-state index contributed by atoms with van der Waals surface area (Å²) in [5, 5.41) is 1.73. The van der Waals surface area contributed by atoms with Crippen LogP contribution in [0.4, 0.5) is 0 Å². The van der Waals surface area contributed by atoms with Crippen molar-refractivity contribution < 1.29 is 0 Å². The van der Waals surface area contributed by atoms with Crippen LogP contribution in [0.3, 0.4) is 0 Å². The molecule has 2 heterocycles. The molecule has 2 aromatic heterocycles. The van der Waals surface area contributed by atoms with Gasteiger partial charge < -0.3 is 0 Å². The zero-order valence-electron chi connectivity index (χ0n) is 18.9. The summed E-state index contributed by atoms with van der Waals surface area (Å²) in [6.07, 6.45) is 0. The average Bonchev–Trinajstić information content (AvgIpc) is 2.73. The molecule has 7 heteroatoms. The second-order valence-electron chi connectivity index (χ2n) is 8.14. The van der Waals surface area contributed by atoms with Crippen molar-refractivity contribution in [3.05, 3.63) is 95.1 Å². The first kappa shape index (κ1) is 24.9. The molecule has 0 aliphatic rings. The molecule has 2 nitrogen and oxygen atoms in total. The molecule has 0 saturated carbocycles. The summed E-state index contributed by atoms with van der Waals surface area (Å²) < 4.78 is 0. The maximum atomic E-state index is 6.97. The molecular weight excluding hydrogens is 594 g/mol. The summed E-state index contributed by atoms with van der Waals surface area (Å²) in [4.78, 5) is 9.73. The average molecular weight is 618 g/mol. The quantitative estimate of drug-likeness (QED) is 0.202. The van der Waals surface area contributed by atoms with Crippen LogP contribution in [-0.4, -0.2) is 23.3 Å². The van der Waals surface area contributed by atoms with E-state index in [0.717, 1.165) is 43.7 Å². The Bertz CT molecular complexity index is 1180. The number of rotatable bonds is 6. The summed E-state index contributed by atoms with van der Waals surface area (Å²) in [5.41, 5.74) is 8.78. The van der Waals surface area contributed by atoms with Crippen LogP contribution < -0.4 is 0 Å². The summed E-state index contributed by atoms with van der Waals surface area (Å²) >= 11 is -3.69. The Morgan fingerprint density at radius 1 is 0.545 bits per heavy atom. The van der Waals surface area contributed by atoms with E-state index in [0.29, 0.717) is 0 Å². The van der Waals surface area contributed by atoms with E-state index >= 15 is 0 Å². The Morgan fingerprint density at radius 2 is 0.909 bits per heavy atom. The molecule has 0 unspecified atom stereocenters. The van der Waals surface area contributed by atoms with E-state index < -0.39 is 13.4 Å². The summed E-state index contributed by atoms with van der Waals surface area (Å²) in [5.74, 6) is 0. The second kappa shape index (κ2) is 10.6. The van der Waals surface area contributed by atoms with Crippen molar-refractivity contribution in [3.8, 4) is 22.5 Å². The second-order valence-corrected chi connectivity index (χ2v) is 40.4. The number of aromatic nitrogens is 2. The Kier molecular flexibility index (Phi) is 8.02. The number of aryl methyl sites for hydroxylation is 4. The number of hydrogen-bond donors (Lipinski definition) is 0. The summed E-state index contributed by atoms with van der Waals surface area (Å²) in [7, 11) is 17.0. The predicted octanol–water partition coefficient (Wildman–Crippen LogP) is 8.84. The van der Waals surface area contributed by atoms with Crippen LogP contribution in [0.15, 0.2) is 82.8 Å². The first-order valence-electron chi connectivity index (χ1n) is 10.5. The van der Waals surface area contributed by atoms with E-state index in [1.807, 2.05) is 0 Å². The molecule has 2 aromatic carbocycles. The summed E-state index contributed by atoms with van der Waals surface area (Å²) in [6.45, 7) is 8.32. The molecule has 33 heavy (non-hydrogen) atoms. The van der Waals surface area contributed by atoms with Gasteiger partial charge >= 0.3 is 214 Å². The Hall–Kier alpha value is -1.18. The van der Waals surface area contributed by atoms with Crippen LogP contribution in [0.2, 0.25) is 0 Å². The van der Waals surface area contributed by atoms with E-state index in [4.69, 9.17) is 27.8 Å². The minimum absolute atomic E-state index is 0.866. The van der Waals surface area contributed by atoms with Gasteiger partial charge in [-0.3, -0.25) is 0 Å². The molecule has 4 rings (SSSR count).